The Kier molecular flexibility index (Phi) is 8.64. The van der Waals surface area contributed by atoms with Crippen molar-refractivity contribution in [3.8, 4) is 0 Å². The van der Waals surface area contributed by atoms with Gasteiger partial charge in [-0.05, 0) is 35.1 Å². The lowest BCUT2D eigenvalue weighted by Gasteiger charge is -2.45. The van der Waals surface area contributed by atoms with E-state index in [1.807, 2.05) is 24.3 Å². The van der Waals surface area contributed by atoms with E-state index in [9.17, 15) is 0 Å². The van der Waals surface area contributed by atoms with Crippen LogP contribution in [0.2, 0.25) is 0 Å². The molecule has 2 unspecified atom stereocenters. The van der Waals surface area contributed by atoms with Crippen LogP contribution < -0.4 is 0 Å². The van der Waals surface area contributed by atoms with E-state index < -0.39 is 31.9 Å². The van der Waals surface area contributed by atoms with Gasteiger partial charge in [0.2, 0.25) is 0 Å². The molecule has 3 atom stereocenters. The summed E-state index contributed by atoms with van der Waals surface area (Å²) < 4.78 is 30.6. The third-order valence-electron chi connectivity index (χ3n) is 8.40. The first kappa shape index (κ1) is 28.2. The number of piperidine rings is 1. The summed E-state index contributed by atoms with van der Waals surface area (Å²) in [6.07, 6.45) is 2.29. The molecule has 0 N–H and O–H groups in total. The number of benzene rings is 4. The molecule has 212 valence electrons. The SMILES string of the molecule is COC1[C@@H](OC)C(c2ccccc2)(c2ccccc2)OP(N2CCCCC2)OC1(c1ccccc1)c1ccccc1. The largest absolute Gasteiger partial charge is 0.375 e. The molecule has 5 nitrogen and oxygen atoms in total. The van der Waals surface area contributed by atoms with Gasteiger partial charge in [-0.3, -0.25) is 0 Å². The van der Waals surface area contributed by atoms with Crippen molar-refractivity contribution in [1.29, 1.82) is 0 Å². The molecule has 0 spiro atoms. The molecule has 6 heteroatoms. The summed E-state index contributed by atoms with van der Waals surface area (Å²) in [7, 11) is 1.94. The monoisotopic (exact) mass is 567 g/mol. The molecule has 0 radical (unpaired) electrons. The van der Waals surface area contributed by atoms with Crippen LogP contribution in [0.15, 0.2) is 121 Å². The van der Waals surface area contributed by atoms with E-state index in [0.29, 0.717) is 0 Å². The van der Waals surface area contributed by atoms with Gasteiger partial charge in [-0.2, -0.15) is 0 Å². The molecule has 0 bridgehead atoms. The molecule has 2 fully saturated rings. The topological polar surface area (TPSA) is 40.2 Å². The van der Waals surface area contributed by atoms with Gasteiger partial charge >= 0.3 is 0 Å². The molecular formula is C35H38NO4P. The highest BCUT2D eigenvalue weighted by atomic mass is 31.2. The van der Waals surface area contributed by atoms with Gasteiger partial charge in [0.05, 0.1) is 0 Å². The third-order valence-corrected chi connectivity index (χ3v) is 10.2. The fraction of sp³-hybridized carbons (Fsp3) is 0.314. The maximum atomic E-state index is 7.51. The zero-order chi connectivity index (χ0) is 28.1. The lowest BCUT2D eigenvalue weighted by molar-refractivity contribution is -0.152. The minimum Gasteiger partial charge on any atom is -0.375 e. The Bertz CT molecular complexity index is 1190. The highest BCUT2D eigenvalue weighted by Gasteiger charge is 2.62. The number of hydrogen-bond acceptors (Lipinski definition) is 5. The molecule has 6 rings (SSSR count). The van der Waals surface area contributed by atoms with Gasteiger partial charge in [0.15, 0.2) is 11.2 Å². The van der Waals surface area contributed by atoms with Crippen molar-refractivity contribution in [1.82, 2.24) is 4.67 Å². The zero-order valence-corrected chi connectivity index (χ0v) is 24.7. The quantitative estimate of drug-likeness (QED) is 0.215. The Morgan fingerprint density at radius 2 is 0.854 bits per heavy atom. The third kappa shape index (κ3) is 5.06. The van der Waals surface area contributed by atoms with E-state index in [-0.39, 0.29) is 0 Å². The van der Waals surface area contributed by atoms with Crippen LogP contribution in [0.3, 0.4) is 0 Å². The molecule has 0 aromatic heterocycles. The summed E-state index contributed by atoms with van der Waals surface area (Å²) in [4.78, 5) is 0. The van der Waals surface area contributed by atoms with Crippen molar-refractivity contribution >= 4 is 8.53 Å². The maximum Gasteiger partial charge on any atom is 0.261 e. The van der Waals surface area contributed by atoms with Gasteiger partial charge in [0.1, 0.15) is 12.2 Å². The molecule has 4 aromatic carbocycles. The summed E-state index contributed by atoms with van der Waals surface area (Å²) in [6.45, 7) is 1.83. The summed E-state index contributed by atoms with van der Waals surface area (Å²) in [5.74, 6) is 0. The van der Waals surface area contributed by atoms with Crippen LogP contribution >= 0.6 is 8.53 Å². The van der Waals surface area contributed by atoms with Crippen LogP contribution in [0.1, 0.15) is 41.5 Å². The van der Waals surface area contributed by atoms with E-state index in [0.717, 1.165) is 48.2 Å². The van der Waals surface area contributed by atoms with Gasteiger partial charge in [-0.25, -0.2) is 4.67 Å². The van der Waals surface area contributed by atoms with Gasteiger partial charge in [-0.15, -0.1) is 0 Å². The second-order valence-corrected chi connectivity index (χ2v) is 12.1. The normalized spacial score (nSPS) is 24.4. The lowest BCUT2D eigenvalue weighted by atomic mass is 9.71. The Morgan fingerprint density at radius 1 is 0.537 bits per heavy atom. The summed E-state index contributed by atoms with van der Waals surface area (Å²) >= 11 is 0. The molecule has 2 heterocycles. The van der Waals surface area contributed by atoms with E-state index in [1.165, 1.54) is 6.42 Å². The number of hydrogen-bond donors (Lipinski definition) is 0. The van der Waals surface area contributed by atoms with E-state index in [2.05, 4.69) is 102 Å². The van der Waals surface area contributed by atoms with Crippen LogP contribution in [-0.2, 0) is 29.7 Å². The first-order valence-corrected chi connectivity index (χ1v) is 15.6. The molecular weight excluding hydrogens is 529 g/mol. The number of rotatable bonds is 7. The van der Waals surface area contributed by atoms with Crippen molar-refractivity contribution in [3.63, 3.8) is 0 Å². The summed E-state index contributed by atoms with van der Waals surface area (Å²) in [5.41, 5.74) is 2.00. The standard InChI is InChI=1S/C35H38NO4P/c1-37-32-33(38-2)35(30-22-12-5-13-23-30,31-24-14-6-15-25-31)40-41(36-26-16-7-17-27-36)39-34(32,28-18-8-3-9-19-28)29-20-10-4-11-21-29/h3-6,8-15,18-25,32-33H,7,16-17,26-27H2,1-2H3/t32-,33?,41?/m1/s1. The molecule has 2 aliphatic rings. The Balaban J connectivity index is 1.69. The average Bonchev–Trinajstić information content (AvgIpc) is 3.20. The first-order valence-electron chi connectivity index (χ1n) is 14.4. The minimum atomic E-state index is -1.58. The van der Waals surface area contributed by atoms with Crippen LogP contribution in [0.5, 0.6) is 0 Å². The molecule has 4 aromatic rings. The minimum absolute atomic E-state index is 0.574. The summed E-state index contributed by atoms with van der Waals surface area (Å²) in [6, 6.07) is 41.7. The van der Waals surface area contributed by atoms with Crippen LogP contribution in [0.25, 0.3) is 0 Å². The zero-order valence-electron chi connectivity index (χ0n) is 23.8. The highest BCUT2D eigenvalue weighted by molar-refractivity contribution is 7.44. The second-order valence-electron chi connectivity index (χ2n) is 10.7. The number of methoxy groups -OCH3 is 2. The maximum absolute atomic E-state index is 7.51. The molecule has 0 saturated carbocycles. The smallest absolute Gasteiger partial charge is 0.261 e. The second kappa shape index (κ2) is 12.5. The van der Waals surface area contributed by atoms with Gasteiger partial charge < -0.3 is 18.5 Å². The highest BCUT2D eigenvalue weighted by Crippen LogP contribution is 2.63. The predicted octanol–water partition coefficient (Wildman–Crippen LogP) is 7.66. The van der Waals surface area contributed by atoms with Crippen molar-refractivity contribution in [2.75, 3.05) is 27.3 Å². The van der Waals surface area contributed by atoms with E-state index in [4.69, 9.17) is 18.5 Å². The Labute approximate surface area is 245 Å². The van der Waals surface area contributed by atoms with E-state index >= 15 is 0 Å². The summed E-state index contributed by atoms with van der Waals surface area (Å²) in [5, 5.41) is 0. The fourth-order valence-electron chi connectivity index (χ4n) is 6.47. The molecule has 0 amide bonds. The number of ether oxygens (including phenoxy) is 2. The van der Waals surface area contributed by atoms with Crippen molar-refractivity contribution in [3.05, 3.63) is 144 Å². The average molecular weight is 568 g/mol. The van der Waals surface area contributed by atoms with Crippen molar-refractivity contribution in [2.24, 2.45) is 0 Å². The van der Waals surface area contributed by atoms with Gasteiger partial charge in [-0.1, -0.05) is 128 Å². The molecule has 2 saturated heterocycles. The first-order chi connectivity index (χ1) is 20.2. The van der Waals surface area contributed by atoms with Crippen LogP contribution in [0.4, 0.5) is 0 Å². The lowest BCUT2D eigenvalue weighted by Crippen LogP contribution is -2.56. The molecule has 2 aliphatic heterocycles. The van der Waals surface area contributed by atoms with E-state index in [1.54, 1.807) is 14.2 Å². The van der Waals surface area contributed by atoms with Crippen LogP contribution in [0, 0.1) is 0 Å². The number of nitrogens with zero attached hydrogens (tertiary/aromatic N) is 1. The fourth-order valence-corrected chi connectivity index (χ4v) is 8.47. The van der Waals surface area contributed by atoms with Gasteiger partial charge in [0, 0.05) is 27.3 Å². The van der Waals surface area contributed by atoms with Crippen molar-refractivity contribution < 1.29 is 18.5 Å². The molecule has 0 aliphatic carbocycles. The predicted molar refractivity (Wildman–Crippen MR) is 163 cm³/mol. The van der Waals surface area contributed by atoms with Gasteiger partial charge in [0.25, 0.3) is 8.53 Å². The molecule has 41 heavy (non-hydrogen) atoms. The van der Waals surface area contributed by atoms with Crippen molar-refractivity contribution in [2.45, 2.75) is 42.7 Å². The Hall–Kier alpha value is -2.89. The van der Waals surface area contributed by atoms with Crippen LogP contribution in [-0.4, -0.2) is 44.2 Å². The Morgan fingerprint density at radius 3 is 1.15 bits per heavy atom.